The third-order valence-corrected chi connectivity index (χ3v) is 9.87. The fourth-order valence-corrected chi connectivity index (χ4v) is 7.28. The van der Waals surface area contributed by atoms with Crippen LogP contribution in [0.3, 0.4) is 0 Å². The number of methoxy groups -OCH3 is 2. The predicted molar refractivity (Wildman–Crippen MR) is 178 cm³/mol. The van der Waals surface area contributed by atoms with Crippen molar-refractivity contribution in [2.75, 3.05) is 14.2 Å². The van der Waals surface area contributed by atoms with Gasteiger partial charge in [0.05, 0.1) is 14.2 Å². The van der Waals surface area contributed by atoms with Crippen LogP contribution in [-0.4, -0.2) is 67.3 Å². The fourth-order valence-electron chi connectivity index (χ4n) is 7.28. The molecule has 0 amide bonds. The van der Waals surface area contributed by atoms with Crippen LogP contribution in [0.25, 0.3) is 28.4 Å². The van der Waals surface area contributed by atoms with Gasteiger partial charge in [0.25, 0.3) is 0 Å². The van der Waals surface area contributed by atoms with E-state index in [9.17, 15) is 19.2 Å². The third-order valence-electron chi connectivity index (χ3n) is 9.87. The number of carbonyl (C=O) groups excluding carboxylic acids is 4. The smallest absolute Gasteiger partial charge is 0.678 e. The zero-order chi connectivity index (χ0) is 33.0. The zero-order valence-electron chi connectivity index (χ0n) is 27.5. The van der Waals surface area contributed by atoms with Gasteiger partial charge in [-0.25, -0.2) is 0 Å². The van der Waals surface area contributed by atoms with Gasteiger partial charge < -0.3 is 30.1 Å². The summed E-state index contributed by atoms with van der Waals surface area (Å²) in [6.45, 7) is 11.9. The van der Waals surface area contributed by atoms with Crippen LogP contribution in [-0.2, 0) is 25.5 Å². The number of ketones is 1. The van der Waals surface area contributed by atoms with E-state index in [1.807, 2.05) is 26.0 Å². The molecule has 5 heterocycles. The van der Waals surface area contributed by atoms with Gasteiger partial charge in [0, 0.05) is 17.5 Å². The molecule has 0 radical (unpaired) electrons. The third kappa shape index (κ3) is 5.43. The standard InChI is InChI=1S/C36H37N4O6.Mg/c1-8-19-16(3)23-12-24-17(4)21(10-11-29(42)45-6)33(39-24)31-32(36(44)46-7)35(43)30-18(5)25(40-34(30)31)13-27-20(9-2)22(15-41)28(38-27)14-26(19)37-23;/h8,12-17,21,23,32H,1,9-11H2,2-7H3,(H-,39,40,41,43);/q-3;+2/p-1/b24-12-,28-14-;/t16?,17-,21-,23?,32+;/m0./s1. The van der Waals surface area contributed by atoms with Crippen LogP contribution in [0.15, 0.2) is 41.4 Å². The molecule has 5 atom stereocenters. The molecular formula is C36H36MgN4O6-2. The summed E-state index contributed by atoms with van der Waals surface area (Å²) in [5.74, 6) is -3.21. The SMILES string of the molecule is C=CC1=C2/C=c3\[n-]/c(c(CC)c3C=O)=C\c3[n-]c4c(c3C)C(=O)[C@H](C(=O)OC)/C4=C3/[N-]/C(=C\C([N-]2)C1C)[C@@H](C)[C@@H]3CCC(=O)OC.[Mg+2]. The Morgan fingerprint density at radius 1 is 1.06 bits per heavy atom. The second-order valence-corrected chi connectivity index (χ2v) is 12.2. The molecule has 3 aliphatic heterocycles. The van der Waals surface area contributed by atoms with E-state index < -0.39 is 17.7 Å². The molecule has 1 fully saturated rings. The van der Waals surface area contributed by atoms with Crippen LogP contribution in [0.5, 0.6) is 0 Å². The van der Waals surface area contributed by atoms with Gasteiger partial charge in [-0.05, 0) is 37.5 Å². The summed E-state index contributed by atoms with van der Waals surface area (Å²) in [6.07, 6.45) is 9.33. The molecule has 0 aromatic carbocycles. The molecule has 10 nitrogen and oxygen atoms in total. The number of rotatable bonds is 7. The summed E-state index contributed by atoms with van der Waals surface area (Å²) in [5, 5.41) is 11.2. The number of hydrogen-bond acceptors (Lipinski definition) is 6. The largest absolute Gasteiger partial charge is 2.00 e. The Bertz CT molecular complexity index is 1930. The van der Waals surface area contributed by atoms with Crippen LogP contribution in [0.1, 0.15) is 76.8 Å². The average molecular weight is 645 g/mol. The minimum atomic E-state index is -1.23. The van der Waals surface area contributed by atoms with E-state index in [4.69, 9.17) is 30.1 Å². The van der Waals surface area contributed by atoms with E-state index in [-0.39, 0.29) is 59.2 Å². The van der Waals surface area contributed by atoms with Crippen molar-refractivity contribution in [1.29, 1.82) is 0 Å². The summed E-state index contributed by atoms with van der Waals surface area (Å²) >= 11 is 0. The molecule has 4 aliphatic rings. The van der Waals surface area contributed by atoms with E-state index in [1.54, 1.807) is 19.1 Å². The fraction of sp³-hybridized carbons (Fsp3) is 0.389. The normalized spacial score (nSPS) is 28.1. The second-order valence-electron chi connectivity index (χ2n) is 12.2. The molecular weight excluding hydrogens is 609 g/mol. The van der Waals surface area contributed by atoms with Gasteiger partial charge in [0.1, 0.15) is 12.2 Å². The summed E-state index contributed by atoms with van der Waals surface area (Å²) < 4.78 is 10.1. The number of esters is 2. The van der Waals surface area contributed by atoms with Gasteiger partial charge in [-0.15, -0.1) is 33.9 Å². The van der Waals surface area contributed by atoms with Crippen molar-refractivity contribution in [2.24, 2.45) is 23.7 Å². The number of Topliss-reactive ketones (excluding diaryl/α,β-unsaturated/α-hetero) is 1. The molecule has 2 aromatic rings. The maximum atomic E-state index is 14.0. The topological polar surface area (TPSA) is 143 Å². The van der Waals surface area contributed by atoms with Gasteiger partial charge in [-0.1, -0.05) is 73.9 Å². The van der Waals surface area contributed by atoms with Gasteiger partial charge in [0.2, 0.25) is 0 Å². The minimum Gasteiger partial charge on any atom is -0.678 e. The molecule has 240 valence electrons. The maximum absolute atomic E-state index is 14.0. The number of fused-ring (bicyclic) bond motifs is 7. The predicted octanol–water partition coefficient (Wildman–Crippen LogP) is 3.53. The molecule has 47 heavy (non-hydrogen) atoms. The summed E-state index contributed by atoms with van der Waals surface area (Å²) in [6, 6.07) is -0.298. The van der Waals surface area contributed by atoms with Gasteiger partial charge in [-0.3, -0.25) is 19.2 Å². The maximum Gasteiger partial charge on any atom is 2.00 e. The second kappa shape index (κ2) is 13.2. The number of aldehydes is 1. The number of hydrogen-bond donors (Lipinski definition) is 0. The first-order chi connectivity index (χ1) is 22.1. The molecule has 11 heteroatoms. The molecule has 1 saturated heterocycles. The molecule has 0 N–H and O–H groups in total. The summed E-state index contributed by atoms with van der Waals surface area (Å²) in [5.41, 5.74) is 6.40. The Labute approximate surface area is 289 Å². The van der Waals surface area contributed by atoms with Crippen LogP contribution in [0.2, 0.25) is 0 Å². The Morgan fingerprint density at radius 3 is 2.45 bits per heavy atom. The Balaban J connectivity index is 0.00000433. The van der Waals surface area contributed by atoms with Crippen LogP contribution >= 0.6 is 0 Å². The zero-order valence-corrected chi connectivity index (χ0v) is 29.0. The molecule has 0 saturated carbocycles. The monoisotopic (exact) mass is 644 g/mol. The van der Waals surface area contributed by atoms with Crippen LogP contribution in [0.4, 0.5) is 0 Å². The first kappa shape index (κ1) is 34.2. The Kier molecular flexibility index (Phi) is 9.61. The van der Waals surface area contributed by atoms with Gasteiger partial charge in [-0.2, -0.15) is 11.4 Å². The number of ether oxygens (including phenoxy) is 2. The van der Waals surface area contributed by atoms with Crippen molar-refractivity contribution in [1.82, 2.24) is 9.97 Å². The number of carbonyl (C=O) groups is 4. The van der Waals surface area contributed by atoms with Gasteiger partial charge in [0.15, 0.2) is 5.78 Å². The number of aromatic nitrogens is 2. The van der Waals surface area contributed by atoms with Crippen molar-refractivity contribution >= 4 is 64.8 Å². The van der Waals surface area contributed by atoms with Crippen molar-refractivity contribution in [2.45, 2.75) is 53.0 Å². The van der Waals surface area contributed by atoms with E-state index in [0.29, 0.717) is 68.6 Å². The first-order valence-electron chi connectivity index (χ1n) is 15.5. The van der Waals surface area contributed by atoms with E-state index in [2.05, 4.69) is 13.5 Å². The average Bonchev–Trinajstić information content (AvgIpc) is 3.79. The van der Waals surface area contributed by atoms with E-state index >= 15 is 0 Å². The molecule has 1 aliphatic carbocycles. The molecule has 0 spiro atoms. The number of allylic oxidation sites excluding steroid dienone is 4. The van der Waals surface area contributed by atoms with Crippen molar-refractivity contribution in [3.05, 3.63) is 96.4 Å². The van der Waals surface area contributed by atoms with Crippen molar-refractivity contribution < 1.29 is 28.7 Å². The van der Waals surface area contributed by atoms with Crippen molar-refractivity contribution in [3.8, 4) is 0 Å². The Morgan fingerprint density at radius 2 is 1.81 bits per heavy atom. The molecule has 2 unspecified atom stereocenters. The quantitative estimate of drug-likeness (QED) is 0.193. The molecule has 8 bridgehead atoms. The number of nitrogens with zero attached hydrogens (tertiary/aromatic N) is 4. The molecule has 2 aromatic heterocycles. The van der Waals surface area contributed by atoms with Gasteiger partial charge >= 0.3 is 35.0 Å². The summed E-state index contributed by atoms with van der Waals surface area (Å²) in [7, 11) is 2.60. The van der Waals surface area contributed by atoms with E-state index in [1.165, 1.54) is 14.2 Å². The summed E-state index contributed by atoms with van der Waals surface area (Å²) in [4.78, 5) is 61.8. The van der Waals surface area contributed by atoms with Crippen molar-refractivity contribution in [3.63, 3.8) is 0 Å². The van der Waals surface area contributed by atoms with Crippen LogP contribution in [0, 0.1) is 30.6 Å². The van der Waals surface area contributed by atoms with E-state index in [0.717, 1.165) is 23.1 Å². The Hall–Kier alpha value is -4.09. The molecule has 6 rings (SSSR count). The van der Waals surface area contributed by atoms with Crippen LogP contribution < -0.4 is 20.7 Å². The minimum absolute atomic E-state index is 0. The first-order valence-corrected chi connectivity index (χ1v) is 15.5.